The van der Waals surface area contributed by atoms with Crippen LogP contribution in [0.1, 0.15) is 18.1 Å². The van der Waals surface area contributed by atoms with Crippen molar-refractivity contribution in [1.29, 1.82) is 0 Å². The van der Waals surface area contributed by atoms with Crippen LogP contribution in [0.2, 0.25) is 0 Å². The maximum absolute atomic E-state index is 12.4. The Hall–Kier alpha value is -1.53. The number of benzene rings is 1. The summed E-state index contributed by atoms with van der Waals surface area (Å²) in [5.41, 5.74) is -0.0344. The van der Waals surface area contributed by atoms with E-state index in [9.17, 15) is 14.7 Å². The Morgan fingerprint density at radius 1 is 1.35 bits per heavy atom. The summed E-state index contributed by atoms with van der Waals surface area (Å²) in [5, 5.41) is 13.0. The second-order valence-corrected chi connectivity index (χ2v) is 6.26. The number of carbonyl (C=O) groups excluding carboxylic acids is 2. The lowest BCUT2D eigenvalue weighted by atomic mass is 9.99. The minimum absolute atomic E-state index is 0.00109. The monoisotopic (exact) mass is 292 g/mol. The number of hydrogen-bond acceptors (Lipinski definition) is 4. The summed E-state index contributed by atoms with van der Waals surface area (Å²) in [7, 11) is 0. The average molecular weight is 292 g/mol. The molecule has 106 valence electrons. The van der Waals surface area contributed by atoms with Crippen molar-refractivity contribution in [2.24, 2.45) is 0 Å². The van der Waals surface area contributed by atoms with E-state index in [1.807, 2.05) is 18.2 Å². The zero-order chi connectivity index (χ0) is 14.2. The highest BCUT2D eigenvalue weighted by atomic mass is 32.2. The Bertz CT molecular complexity index is 528. The molecule has 2 aliphatic heterocycles. The minimum Gasteiger partial charge on any atom is -0.387 e. The molecule has 1 spiro atoms. The average Bonchev–Trinajstić information content (AvgIpc) is 3.01. The highest BCUT2D eigenvalue weighted by Gasteiger charge is 2.53. The first-order chi connectivity index (χ1) is 9.62. The number of imide groups is 1. The summed E-state index contributed by atoms with van der Waals surface area (Å²) in [4.78, 5) is 25.6. The lowest BCUT2D eigenvalue weighted by Gasteiger charge is -2.21. The number of carbonyl (C=O) groups is 2. The molecule has 0 aromatic heterocycles. The molecule has 2 N–H and O–H groups in total. The van der Waals surface area contributed by atoms with Gasteiger partial charge >= 0.3 is 6.03 Å². The van der Waals surface area contributed by atoms with Crippen LogP contribution in [0.15, 0.2) is 30.3 Å². The molecule has 5 nitrogen and oxygen atoms in total. The third kappa shape index (κ3) is 2.19. The molecule has 1 aromatic rings. The SMILES string of the molecule is O=C1NC2(CCSC2)C(=O)N1CC(O)c1ccccc1. The minimum atomic E-state index is -0.852. The summed E-state index contributed by atoms with van der Waals surface area (Å²) < 4.78 is 0. The topological polar surface area (TPSA) is 69.6 Å². The van der Waals surface area contributed by atoms with E-state index in [1.165, 1.54) is 0 Å². The number of hydrogen-bond donors (Lipinski definition) is 2. The number of thioether (sulfide) groups is 1. The Morgan fingerprint density at radius 2 is 2.10 bits per heavy atom. The Labute approximate surface area is 121 Å². The Morgan fingerprint density at radius 3 is 2.75 bits per heavy atom. The number of amides is 3. The van der Waals surface area contributed by atoms with Crippen molar-refractivity contribution in [3.63, 3.8) is 0 Å². The Kier molecular flexibility index (Phi) is 3.43. The molecule has 3 rings (SSSR count). The van der Waals surface area contributed by atoms with Crippen molar-refractivity contribution in [1.82, 2.24) is 10.2 Å². The first kappa shape index (κ1) is 13.5. The van der Waals surface area contributed by atoms with Crippen molar-refractivity contribution in [3.8, 4) is 0 Å². The van der Waals surface area contributed by atoms with Gasteiger partial charge in [0.25, 0.3) is 5.91 Å². The largest absolute Gasteiger partial charge is 0.387 e. The lowest BCUT2D eigenvalue weighted by molar-refractivity contribution is -0.131. The zero-order valence-corrected chi connectivity index (χ0v) is 11.7. The van der Waals surface area contributed by atoms with Crippen LogP contribution in [0, 0.1) is 0 Å². The van der Waals surface area contributed by atoms with Crippen LogP contribution in [0.3, 0.4) is 0 Å². The molecule has 6 heteroatoms. The lowest BCUT2D eigenvalue weighted by Crippen LogP contribution is -2.47. The van der Waals surface area contributed by atoms with Gasteiger partial charge in [-0.15, -0.1) is 0 Å². The van der Waals surface area contributed by atoms with Gasteiger partial charge < -0.3 is 10.4 Å². The van der Waals surface area contributed by atoms with Gasteiger partial charge in [0.2, 0.25) is 0 Å². The fourth-order valence-electron chi connectivity index (χ4n) is 2.63. The third-order valence-electron chi connectivity index (χ3n) is 3.81. The van der Waals surface area contributed by atoms with Crippen LogP contribution in [-0.4, -0.2) is 45.5 Å². The number of nitrogens with one attached hydrogen (secondary N) is 1. The maximum Gasteiger partial charge on any atom is 0.325 e. The second kappa shape index (κ2) is 5.10. The standard InChI is InChI=1S/C14H16N2O3S/c17-11(10-4-2-1-3-5-10)8-16-12(18)14(15-13(16)19)6-7-20-9-14/h1-5,11,17H,6-9H2,(H,15,19). The molecule has 0 radical (unpaired) electrons. The van der Waals surface area contributed by atoms with Gasteiger partial charge in [0.1, 0.15) is 5.54 Å². The first-order valence-corrected chi connectivity index (χ1v) is 7.73. The van der Waals surface area contributed by atoms with Gasteiger partial charge in [-0.25, -0.2) is 4.79 Å². The van der Waals surface area contributed by atoms with E-state index in [4.69, 9.17) is 0 Å². The van der Waals surface area contributed by atoms with Gasteiger partial charge in [0.05, 0.1) is 12.6 Å². The van der Waals surface area contributed by atoms with Gasteiger partial charge in [-0.1, -0.05) is 30.3 Å². The van der Waals surface area contributed by atoms with Gasteiger partial charge in [-0.3, -0.25) is 9.69 Å². The normalized spacial score (nSPS) is 27.1. The van der Waals surface area contributed by atoms with E-state index in [2.05, 4.69) is 5.32 Å². The number of β-amino-alcohol motifs (C(OH)–C–C–N with tert-alkyl or cyclic N) is 1. The van der Waals surface area contributed by atoms with Crippen LogP contribution in [-0.2, 0) is 4.79 Å². The molecule has 2 unspecified atom stereocenters. The molecular weight excluding hydrogens is 276 g/mol. The Balaban J connectivity index is 1.74. The fraction of sp³-hybridized carbons (Fsp3) is 0.429. The highest BCUT2D eigenvalue weighted by Crippen LogP contribution is 2.34. The number of aliphatic hydroxyl groups excluding tert-OH is 1. The second-order valence-electron chi connectivity index (χ2n) is 5.16. The van der Waals surface area contributed by atoms with Gasteiger partial charge in [-0.05, 0) is 17.7 Å². The van der Waals surface area contributed by atoms with E-state index in [0.717, 1.165) is 10.7 Å². The number of rotatable bonds is 3. The van der Waals surface area contributed by atoms with Crippen LogP contribution < -0.4 is 5.32 Å². The van der Waals surface area contributed by atoms with E-state index in [1.54, 1.807) is 23.9 Å². The number of aliphatic hydroxyl groups is 1. The van der Waals surface area contributed by atoms with Crippen molar-refractivity contribution in [3.05, 3.63) is 35.9 Å². The molecular formula is C14H16N2O3S. The van der Waals surface area contributed by atoms with Gasteiger partial charge in [0, 0.05) is 5.75 Å². The molecule has 3 amide bonds. The van der Waals surface area contributed by atoms with Gasteiger partial charge in [-0.2, -0.15) is 11.8 Å². The quantitative estimate of drug-likeness (QED) is 0.820. The molecule has 20 heavy (non-hydrogen) atoms. The molecule has 0 bridgehead atoms. The van der Waals surface area contributed by atoms with E-state index >= 15 is 0 Å². The maximum atomic E-state index is 12.4. The van der Waals surface area contributed by atoms with Crippen molar-refractivity contribution in [2.45, 2.75) is 18.1 Å². The number of urea groups is 1. The van der Waals surface area contributed by atoms with Crippen molar-refractivity contribution >= 4 is 23.7 Å². The van der Waals surface area contributed by atoms with E-state index in [0.29, 0.717) is 17.7 Å². The van der Waals surface area contributed by atoms with Crippen LogP contribution in [0.4, 0.5) is 4.79 Å². The fourth-order valence-corrected chi connectivity index (χ4v) is 3.95. The van der Waals surface area contributed by atoms with Crippen molar-refractivity contribution in [2.75, 3.05) is 18.1 Å². The van der Waals surface area contributed by atoms with E-state index < -0.39 is 17.7 Å². The van der Waals surface area contributed by atoms with Crippen LogP contribution >= 0.6 is 11.8 Å². The molecule has 2 fully saturated rings. The summed E-state index contributed by atoms with van der Waals surface area (Å²) in [5.74, 6) is 1.29. The molecule has 2 aliphatic rings. The molecule has 2 atom stereocenters. The molecule has 2 heterocycles. The molecule has 1 aromatic carbocycles. The van der Waals surface area contributed by atoms with E-state index in [-0.39, 0.29) is 12.5 Å². The summed E-state index contributed by atoms with van der Waals surface area (Å²) >= 11 is 1.67. The zero-order valence-electron chi connectivity index (χ0n) is 10.9. The molecule has 2 saturated heterocycles. The summed E-state index contributed by atoms with van der Waals surface area (Å²) in [6.07, 6.45) is -0.185. The summed E-state index contributed by atoms with van der Waals surface area (Å²) in [6, 6.07) is 8.66. The molecule has 0 saturated carbocycles. The predicted molar refractivity (Wildman–Crippen MR) is 76.3 cm³/mol. The summed E-state index contributed by atoms with van der Waals surface area (Å²) in [6.45, 7) is 0.00109. The predicted octanol–water partition coefficient (Wildman–Crippen LogP) is 1.15. The van der Waals surface area contributed by atoms with Crippen molar-refractivity contribution < 1.29 is 14.7 Å². The highest BCUT2D eigenvalue weighted by molar-refractivity contribution is 7.99. The molecule has 0 aliphatic carbocycles. The third-order valence-corrected chi connectivity index (χ3v) is 5.00. The van der Waals surface area contributed by atoms with Crippen LogP contribution in [0.5, 0.6) is 0 Å². The number of nitrogens with zero attached hydrogens (tertiary/aromatic N) is 1. The first-order valence-electron chi connectivity index (χ1n) is 6.57. The smallest absolute Gasteiger partial charge is 0.325 e. The van der Waals surface area contributed by atoms with Gasteiger partial charge in [0.15, 0.2) is 0 Å². The van der Waals surface area contributed by atoms with Crippen LogP contribution in [0.25, 0.3) is 0 Å².